The average Bonchev–Trinajstić information content (AvgIpc) is 0.773. The van der Waals surface area contributed by atoms with Crippen molar-refractivity contribution in [3.8, 4) is 51.7 Å². The Labute approximate surface area is 669 Å². The molecule has 12 rings (SSSR count). The first-order valence-corrected chi connectivity index (χ1v) is 37.7. The smallest absolute Gasteiger partial charge is 1.00 e. The quantitative estimate of drug-likeness (QED) is 0.0567. The summed E-state index contributed by atoms with van der Waals surface area (Å²) in [5.74, 6) is 5.90. The maximum atomic E-state index is 13.3. The van der Waals surface area contributed by atoms with E-state index in [1.54, 1.807) is 104 Å². The van der Waals surface area contributed by atoms with E-state index in [1.807, 2.05) is 143 Å². The molecule has 0 saturated carbocycles. The van der Waals surface area contributed by atoms with Crippen LogP contribution in [0.1, 0.15) is 208 Å². The van der Waals surface area contributed by atoms with Gasteiger partial charge in [0.25, 0.3) is 17.7 Å². The predicted octanol–water partition coefficient (Wildman–Crippen LogP) is 10.9. The van der Waals surface area contributed by atoms with Crippen molar-refractivity contribution in [1.29, 1.82) is 0 Å². The van der Waals surface area contributed by atoms with Crippen LogP contribution in [0.4, 0.5) is 0 Å². The minimum absolute atomic E-state index is 0. The second-order valence-corrected chi connectivity index (χ2v) is 29.8. The van der Waals surface area contributed by atoms with Crippen molar-refractivity contribution in [2.75, 3.05) is 73.8 Å². The average molecular weight is 1520 g/mol. The number of aliphatic hydroxyl groups excluding tert-OH is 3. The van der Waals surface area contributed by atoms with E-state index < -0.39 is 22.9 Å². The van der Waals surface area contributed by atoms with Crippen molar-refractivity contribution < 1.29 is 122 Å². The van der Waals surface area contributed by atoms with Gasteiger partial charge in [0.2, 0.25) is 0 Å². The molecule has 6 aliphatic rings. The molecule has 0 aliphatic carbocycles. The fraction of sp³-hybridized carbons (Fsp3) is 0.529. The third kappa shape index (κ3) is 23.3. The fourth-order valence-electron chi connectivity index (χ4n) is 14.3. The van der Waals surface area contributed by atoms with Crippen LogP contribution in [0, 0.1) is 0 Å². The van der Waals surface area contributed by atoms with Gasteiger partial charge in [-0.2, -0.15) is 0 Å². The Bertz CT molecular complexity index is 3770. The minimum atomic E-state index is -0.484. The van der Waals surface area contributed by atoms with E-state index in [9.17, 15) is 29.4 Å². The Kier molecular flexibility index (Phi) is 33.0. The number of rotatable bonds is 21. The molecule has 22 nitrogen and oxygen atoms in total. The standard InChI is InChI=1S/C28H35NO6.2C27H35NO6.C3H8O.B.Na.H/c1-18(2)33-24-11-10-21(16-25(24)32-5)27(31)29-14-12-28(13-15-29)17-26(34-20(4)19(3)30)22-8-6-7-9-23(22)35-28;2*1-18(2)32-23-10-9-20(15-24(23)31-4)26(30)28-13-11-27(12-14-28)16-25(33-19(3)17-29)21-7-5-6-8-22(21)34-27;1-3(2)4;;;/h6-11,16,18,20,26H,12-15,17H2,1-5H3;2*5-10,15,18-19,25,29H,11-14,16-17H2,1-4H3;3-4H,1-2H3;;;/q;;;;;+1;-1/t20-,26?;19-,25+;19-,25-;;;;/m000..../s1. The molecule has 6 aliphatic heterocycles. The topological polar surface area (TPSA) is 249 Å². The number of amides is 3. The number of aliphatic hydroxyl groups is 3. The van der Waals surface area contributed by atoms with E-state index in [4.69, 9.17) is 61.9 Å². The molecule has 587 valence electrons. The molecule has 24 heteroatoms. The molecule has 3 saturated heterocycles. The third-order valence-electron chi connectivity index (χ3n) is 19.9. The van der Waals surface area contributed by atoms with Gasteiger partial charge in [-0.15, -0.1) is 0 Å². The number of hydrogen-bond donors (Lipinski definition) is 3. The molecule has 109 heavy (non-hydrogen) atoms. The fourth-order valence-corrected chi connectivity index (χ4v) is 14.3. The Hall–Kier alpha value is -7.58. The summed E-state index contributed by atoms with van der Waals surface area (Å²) in [7, 11) is 4.73. The zero-order valence-corrected chi connectivity index (χ0v) is 68.7. The zero-order chi connectivity index (χ0) is 77.3. The number of methoxy groups -OCH3 is 3. The number of hydrogen-bond acceptors (Lipinski definition) is 19. The van der Waals surface area contributed by atoms with Crippen LogP contribution < -0.4 is 72.2 Å². The Morgan fingerprint density at radius 1 is 0.431 bits per heavy atom. The molecule has 3 radical (unpaired) electrons. The number of para-hydroxylation sites is 3. The second kappa shape index (κ2) is 40.6. The van der Waals surface area contributed by atoms with Gasteiger partial charge in [0.15, 0.2) is 40.3 Å². The molecule has 3 fully saturated rings. The van der Waals surface area contributed by atoms with Gasteiger partial charge in [-0.3, -0.25) is 19.2 Å². The molecule has 6 aromatic rings. The van der Waals surface area contributed by atoms with Gasteiger partial charge in [-0.05, 0) is 156 Å². The molecule has 3 N–H and O–H groups in total. The first kappa shape index (κ1) is 88.6. The zero-order valence-electron chi connectivity index (χ0n) is 67.7. The van der Waals surface area contributed by atoms with E-state index in [0.29, 0.717) is 148 Å². The molecule has 3 amide bonds. The minimum Gasteiger partial charge on any atom is -1.00 e. The Morgan fingerprint density at radius 3 is 0.927 bits per heavy atom. The van der Waals surface area contributed by atoms with Gasteiger partial charge in [0.05, 0.1) is 83.4 Å². The number of carbonyl (C=O) groups is 4. The molecule has 6 heterocycles. The SMILES string of the molecule is CC(C)O.COc1cc(C(=O)N2CCC3(CC2)CC(O[C@@H](C)C(C)=O)c2ccccc2O3)ccc1OC(C)C.COc1cc(C(=O)N2CCC3(CC2)C[C@@H](O[C@@H](C)CO)c2ccccc2O3)ccc1OC(C)C.COc1cc(C(=O)N2CCC3(CC2)C[C@H](O[C@@H](C)CO)c2ccccc2O3)ccc1OC(C)C.[B].[H-].[Na+]. The van der Waals surface area contributed by atoms with Gasteiger partial charge >= 0.3 is 29.6 Å². The summed E-state index contributed by atoms with van der Waals surface area (Å²) in [6.07, 6.45) is 4.65. The summed E-state index contributed by atoms with van der Waals surface area (Å²) in [6.45, 7) is 25.7. The van der Waals surface area contributed by atoms with Gasteiger partial charge in [0.1, 0.15) is 40.2 Å². The van der Waals surface area contributed by atoms with E-state index in [0.717, 1.165) is 33.9 Å². The molecular weight excluding hydrogens is 1400 g/mol. The summed E-state index contributed by atoms with van der Waals surface area (Å²) in [5.41, 5.74) is 3.52. The van der Waals surface area contributed by atoms with Crippen molar-refractivity contribution in [1.82, 2.24) is 14.7 Å². The van der Waals surface area contributed by atoms with Crippen LogP contribution in [-0.2, 0) is 19.0 Å². The number of piperidine rings is 3. The molecule has 6 aromatic carbocycles. The number of ether oxygens (including phenoxy) is 12. The second-order valence-electron chi connectivity index (χ2n) is 29.8. The Balaban J connectivity index is 0.000000248. The monoisotopic (exact) mass is 1510 g/mol. The maximum absolute atomic E-state index is 13.3. The van der Waals surface area contributed by atoms with Crippen molar-refractivity contribution in [2.24, 2.45) is 0 Å². The van der Waals surface area contributed by atoms with E-state index in [1.165, 1.54) is 0 Å². The van der Waals surface area contributed by atoms with Crippen LogP contribution in [0.3, 0.4) is 0 Å². The predicted molar refractivity (Wildman–Crippen MR) is 414 cm³/mol. The summed E-state index contributed by atoms with van der Waals surface area (Å²) in [5, 5.41) is 27.1. The number of Topliss-reactive ketones (excluding diaryl/α,β-unsaturated/α-hetero) is 1. The molecule has 1 unspecified atom stereocenters. The molecule has 3 spiro atoms. The van der Waals surface area contributed by atoms with Crippen molar-refractivity contribution in [2.45, 2.75) is 219 Å². The molecule has 6 atom stereocenters. The van der Waals surface area contributed by atoms with Crippen molar-refractivity contribution >= 4 is 31.9 Å². The van der Waals surface area contributed by atoms with Gasteiger partial charge < -0.3 is 88.3 Å². The Morgan fingerprint density at radius 2 is 0.688 bits per heavy atom. The third-order valence-corrected chi connectivity index (χ3v) is 19.9. The largest absolute Gasteiger partial charge is 1.00 e. The molecule has 0 bridgehead atoms. The normalized spacial score (nSPS) is 19.1. The van der Waals surface area contributed by atoms with Gasteiger partial charge in [0, 0.05) is 145 Å². The molecule has 0 aromatic heterocycles. The van der Waals surface area contributed by atoms with E-state index >= 15 is 0 Å². The number of ketones is 1. The molecular formula is C85H114BN3NaO19. The number of fused-ring (bicyclic) bond motifs is 3. The van der Waals surface area contributed by atoms with Gasteiger partial charge in [-0.25, -0.2) is 0 Å². The van der Waals surface area contributed by atoms with Crippen LogP contribution in [0.5, 0.6) is 51.7 Å². The van der Waals surface area contributed by atoms with Crippen molar-refractivity contribution in [3.05, 3.63) is 161 Å². The summed E-state index contributed by atoms with van der Waals surface area (Å²) >= 11 is 0. The van der Waals surface area contributed by atoms with Crippen LogP contribution >= 0.6 is 0 Å². The summed E-state index contributed by atoms with van der Waals surface area (Å²) in [4.78, 5) is 57.3. The number of likely N-dealkylation sites (tertiary alicyclic amines) is 3. The maximum Gasteiger partial charge on any atom is 1.00 e. The first-order chi connectivity index (χ1) is 51.1. The number of benzene rings is 6. The van der Waals surface area contributed by atoms with Crippen LogP contribution in [-0.4, -0.2) is 195 Å². The van der Waals surface area contributed by atoms with E-state index in [2.05, 4.69) is 0 Å². The van der Waals surface area contributed by atoms with Crippen LogP contribution in [0.2, 0.25) is 0 Å². The van der Waals surface area contributed by atoms with Crippen molar-refractivity contribution in [3.63, 3.8) is 0 Å². The number of carbonyl (C=O) groups excluding carboxylic acids is 4. The summed E-state index contributed by atoms with van der Waals surface area (Å²) in [6, 6.07) is 39.7. The van der Waals surface area contributed by atoms with Crippen LogP contribution in [0.15, 0.2) is 127 Å². The summed E-state index contributed by atoms with van der Waals surface area (Å²) < 4.78 is 71.7. The van der Waals surface area contributed by atoms with Gasteiger partial charge in [-0.1, -0.05) is 54.6 Å². The number of nitrogens with zero attached hydrogens (tertiary/aromatic N) is 3. The first-order valence-electron chi connectivity index (χ1n) is 37.7. The van der Waals surface area contributed by atoms with E-state index in [-0.39, 0.29) is 131 Å². The van der Waals surface area contributed by atoms with Crippen LogP contribution in [0.25, 0.3) is 0 Å².